The summed E-state index contributed by atoms with van der Waals surface area (Å²) >= 11 is 0. The Labute approximate surface area is 168 Å². The molecule has 0 spiro atoms. The van der Waals surface area contributed by atoms with Gasteiger partial charge in [0.1, 0.15) is 11.6 Å². The standard InChI is InChI=1S/C20H25F2N5O2/c1-2-23-20(25-8-7-24-19(28)18-4-3-13-29-18)27-11-9-26(10-12-27)17-14-15(21)5-6-16(17)22/h3-6,13-14H,2,7-12H2,1H3,(H,23,25)(H,24,28). The molecule has 1 aliphatic rings. The number of hydrogen-bond donors (Lipinski definition) is 2. The molecule has 1 fully saturated rings. The third-order valence-corrected chi connectivity index (χ3v) is 4.57. The van der Waals surface area contributed by atoms with E-state index in [4.69, 9.17) is 4.42 Å². The van der Waals surface area contributed by atoms with Crippen molar-refractivity contribution < 1.29 is 18.0 Å². The van der Waals surface area contributed by atoms with Crippen LogP contribution in [0.15, 0.2) is 46.0 Å². The Bertz CT molecular complexity index is 833. The molecule has 2 N–H and O–H groups in total. The molecule has 9 heteroatoms. The smallest absolute Gasteiger partial charge is 0.287 e. The fourth-order valence-electron chi connectivity index (χ4n) is 3.14. The number of amides is 1. The second-order valence-corrected chi connectivity index (χ2v) is 6.54. The Kier molecular flexibility index (Phi) is 7.04. The summed E-state index contributed by atoms with van der Waals surface area (Å²) in [6.45, 7) is 5.83. The molecule has 0 bridgehead atoms. The first-order valence-corrected chi connectivity index (χ1v) is 9.63. The lowest BCUT2D eigenvalue weighted by Crippen LogP contribution is -2.53. The monoisotopic (exact) mass is 405 g/mol. The minimum Gasteiger partial charge on any atom is -0.459 e. The number of carbonyl (C=O) groups excluding carboxylic acids is 1. The lowest BCUT2D eigenvalue weighted by Gasteiger charge is -2.37. The van der Waals surface area contributed by atoms with Gasteiger partial charge >= 0.3 is 0 Å². The maximum absolute atomic E-state index is 14.0. The second kappa shape index (κ2) is 9.90. The highest BCUT2D eigenvalue weighted by atomic mass is 19.1. The Balaban J connectivity index is 1.52. The van der Waals surface area contributed by atoms with E-state index in [9.17, 15) is 13.6 Å². The van der Waals surface area contributed by atoms with Crippen LogP contribution in [0.2, 0.25) is 0 Å². The van der Waals surface area contributed by atoms with Crippen LogP contribution in [0.25, 0.3) is 0 Å². The Morgan fingerprint density at radius 1 is 1.17 bits per heavy atom. The largest absolute Gasteiger partial charge is 0.459 e. The summed E-state index contributed by atoms with van der Waals surface area (Å²) in [5, 5.41) is 5.99. The zero-order valence-corrected chi connectivity index (χ0v) is 16.3. The van der Waals surface area contributed by atoms with Crippen LogP contribution in [0.5, 0.6) is 0 Å². The number of aliphatic imine (C=N–C) groups is 1. The SMILES string of the molecule is CCNC(=NCCNC(=O)c1ccco1)N1CCN(c2cc(F)ccc2F)CC1. The van der Waals surface area contributed by atoms with Gasteiger partial charge in [0.05, 0.1) is 18.5 Å². The van der Waals surface area contributed by atoms with Crippen LogP contribution in [0, 0.1) is 11.6 Å². The topological polar surface area (TPSA) is 73.1 Å². The lowest BCUT2D eigenvalue weighted by atomic mass is 10.2. The average molecular weight is 405 g/mol. The van der Waals surface area contributed by atoms with Gasteiger partial charge < -0.3 is 24.9 Å². The first kappa shape index (κ1) is 20.6. The van der Waals surface area contributed by atoms with Crippen molar-refractivity contribution in [2.45, 2.75) is 6.92 Å². The van der Waals surface area contributed by atoms with Gasteiger partial charge in [0, 0.05) is 45.3 Å². The predicted octanol–water partition coefficient (Wildman–Crippen LogP) is 2.08. The van der Waals surface area contributed by atoms with E-state index < -0.39 is 11.6 Å². The van der Waals surface area contributed by atoms with Crippen LogP contribution < -0.4 is 15.5 Å². The van der Waals surface area contributed by atoms with E-state index in [-0.39, 0.29) is 17.4 Å². The molecular weight excluding hydrogens is 380 g/mol. The zero-order chi connectivity index (χ0) is 20.6. The zero-order valence-electron chi connectivity index (χ0n) is 16.3. The Hall–Kier alpha value is -3.10. The highest BCUT2D eigenvalue weighted by Crippen LogP contribution is 2.21. The number of nitrogens with zero attached hydrogens (tertiary/aromatic N) is 3. The summed E-state index contributed by atoms with van der Waals surface area (Å²) in [5.41, 5.74) is 0.284. The summed E-state index contributed by atoms with van der Waals surface area (Å²) in [6.07, 6.45) is 1.45. The van der Waals surface area contributed by atoms with E-state index in [0.29, 0.717) is 45.8 Å². The molecule has 0 saturated carbocycles. The Morgan fingerprint density at radius 2 is 1.97 bits per heavy atom. The number of guanidine groups is 1. The molecule has 29 heavy (non-hydrogen) atoms. The van der Waals surface area contributed by atoms with Crippen molar-refractivity contribution in [2.24, 2.45) is 4.99 Å². The molecule has 1 aromatic carbocycles. The van der Waals surface area contributed by atoms with Gasteiger partial charge in [-0.3, -0.25) is 9.79 Å². The van der Waals surface area contributed by atoms with Crippen molar-refractivity contribution >= 4 is 17.6 Å². The van der Waals surface area contributed by atoms with Crippen molar-refractivity contribution in [3.63, 3.8) is 0 Å². The number of nitrogens with one attached hydrogen (secondary N) is 2. The van der Waals surface area contributed by atoms with Crippen LogP contribution in [0.4, 0.5) is 14.5 Å². The summed E-state index contributed by atoms with van der Waals surface area (Å²) in [6, 6.07) is 6.76. The maximum atomic E-state index is 14.0. The lowest BCUT2D eigenvalue weighted by molar-refractivity contribution is 0.0927. The third kappa shape index (κ3) is 5.46. The van der Waals surface area contributed by atoms with Crippen LogP contribution in [0.3, 0.4) is 0 Å². The van der Waals surface area contributed by atoms with E-state index in [1.165, 1.54) is 12.3 Å². The maximum Gasteiger partial charge on any atom is 0.287 e. The minimum absolute atomic E-state index is 0.265. The molecule has 1 amide bonds. The van der Waals surface area contributed by atoms with E-state index in [1.54, 1.807) is 12.1 Å². The van der Waals surface area contributed by atoms with Gasteiger partial charge in [-0.1, -0.05) is 0 Å². The van der Waals surface area contributed by atoms with Gasteiger partial charge in [0.15, 0.2) is 11.7 Å². The molecule has 1 aliphatic heterocycles. The number of rotatable bonds is 6. The molecule has 0 atom stereocenters. The van der Waals surface area contributed by atoms with Crippen molar-refractivity contribution in [1.82, 2.24) is 15.5 Å². The van der Waals surface area contributed by atoms with E-state index in [2.05, 4.69) is 20.5 Å². The number of halogens is 2. The number of hydrogen-bond acceptors (Lipinski definition) is 4. The van der Waals surface area contributed by atoms with Gasteiger partial charge in [-0.15, -0.1) is 0 Å². The molecule has 156 valence electrons. The molecule has 0 aliphatic carbocycles. The van der Waals surface area contributed by atoms with Gasteiger partial charge in [0.25, 0.3) is 5.91 Å². The molecule has 1 aromatic heterocycles. The third-order valence-electron chi connectivity index (χ3n) is 4.57. The molecule has 3 rings (SSSR count). The van der Waals surface area contributed by atoms with Gasteiger partial charge in [0.2, 0.25) is 0 Å². The van der Waals surface area contributed by atoms with Crippen molar-refractivity contribution in [3.05, 3.63) is 54.0 Å². The summed E-state index contributed by atoms with van der Waals surface area (Å²) in [7, 11) is 0. The first-order chi connectivity index (χ1) is 14.1. The van der Waals surface area contributed by atoms with Gasteiger partial charge in [-0.05, 0) is 31.2 Å². The Morgan fingerprint density at radius 3 is 2.66 bits per heavy atom. The fourth-order valence-corrected chi connectivity index (χ4v) is 3.14. The van der Waals surface area contributed by atoms with Crippen molar-refractivity contribution in [3.8, 4) is 0 Å². The first-order valence-electron chi connectivity index (χ1n) is 9.63. The van der Waals surface area contributed by atoms with E-state index in [1.807, 2.05) is 11.8 Å². The second-order valence-electron chi connectivity index (χ2n) is 6.54. The molecule has 1 saturated heterocycles. The minimum atomic E-state index is -0.449. The van der Waals surface area contributed by atoms with Crippen LogP contribution in [0.1, 0.15) is 17.5 Å². The van der Waals surface area contributed by atoms with Crippen molar-refractivity contribution in [1.29, 1.82) is 0 Å². The normalized spacial score (nSPS) is 14.8. The highest BCUT2D eigenvalue weighted by Gasteiger charge is 2.22. The average Bonchev–Trinajstić information content (AvgIpc) is 3.27. The number of benzene rings is 1. The summed E-state index contributed by atoms with van der Waals surface area (Å²) < 4.78 is 32.5. The molecule has 2 heterocycles. The van der Waals surface area contributed by atoms with Crippen LogP contribution >= 0.6 is 0 Å². The van der Waals surface area contributed by atoms with Crippen LogP contribution in [-0.2, 0) is 0 Å². The van der Waals surface area contributed by atoms with E-state index in [0.717, 1.165) is 18.1 Å². The highest BCUT2D eigenvalue weighted by molar-refractivity contribution is 5.91. The van der Waals surface area contributed by atoms with Gasteiger partial charge in [-0.25, -0.2) is 8.78 Å². The summed E-state index contributed by atoms with van der Waals surface area (Å²) in [4.78, 5) is 20.3. The summed E-state index contributed by atoms with van der Waals surface area (Å²) in [5.74, 6) is -0.148. The molecular formula is C20H25F2N5O2. The quantitative estimate of drug-likeness (QED) is 0.437. The van der Waals surface area contributed by atoms with Crippen molar-refractivity contribution in [2.75, 3.05) is 50.7 Å². The molecule has 7 nitrogen and oxygen atoms in total. The van der Waals surface area contributed by atoms with Gasteiger partial charge in [-0.2, -0.15) is 0 Å². The molecule has 0 unspecified atom stereocenters. The number of carbonyl (C=O) groups is 1. The van der Waals surface area contributed by atoms with E-state index >= 15 is 0 Å². The number of furan rings is 1. The fraction of sp³-hybridized carbons (Fsp3) is 0.400. The molecule has 2 aromatic rings. The predicted molar refractivity (Wildman–Crippen MR) is 107 cm³/mol. The van der Waals surface area contributed by atoms with Crippen LogP contribution in [-0.4, -0.2) is 62.6 Å². The number of anilines is 1. The molecule has 0 radical (unpaired) electrons. The number of piperazine rings is 1.